The Balaban J connectivity index is 0.000000292. The summed E-state index contributed by atoms with van der Waals surface area (Å²) in [5, 5.41) is 3.02. The SMILES string of the molecule is CCCC1CCCCC1.CCCNC. The Morgan fingerprint density at radius 1 is 1.00 bits per heavy atom. The quantitative estimate of drug-likeness (QED) is 0.722. The van der Waals surface area contributed by atoms with Crippen LogP contribution in [0.15, 0.2) is 0 Å². The maximum Gasteiger partial charge on any atom is -0.00546 e. The molecule has 1 N–H and O–H groups in total. The highest BCUT2D eigenvalue weighted by Crippen LogP contribution is 2.26. The lowest BCUT2D eigenvalue weighted by molar-refractivity contribution is 0.336. The molecule has 0 radical (unpaired) electrons. The molecule has 0 amide bonds. The van der Waals surface area contributed by atoms with Gasteiger partial charge in [0.05, 0.1) is 0 Å². The van der Waals surface area contributed by atoms with Gasteiger partial charge in [0.25, 0.3) is 0 Å². The van der Waals surface area contributed by atoms with Gasteiger partial charge in [-0.15, -0.1) is 0 Å². The second-order valence-corrected chi connectivity index (χ2v) is 4.40. The molecular weight excluding hydrogens is 170 g/mol. The smallest absolute Gasteiger partial charge is 0.00546 e. The molecule has 0 atom stereocenters. The van der Waals surface area contributed by atoms with E-state index in [-0.39, 0.29) is 0 Å². The van der Waals surface area contributed by atoms with Gasteiger partial charge in [-0.25, -0.2) is 0 Å². The fourth-order valence-corrected chi connectivity index (χ4v) is 2.13. The number of hydrogen-bond acceptors (Lipinski definition) is 1. The van der Waals surface area contributed by atoms with Gasteiger partial charge in [0, 0.05) is 0 Å². The highest BCUT2D eigenvalue weighted by Gasteiger charge is 2.10. The van der Waals surface area contributed by atoms with Crippen LogP contribution in [-0.4, -0.2) is 13.6 Å². The molecule has 0 aromatic carbocycles. The van der Waals surface area contributed by atoms with Gasteiger partial charge in [0.1, 0.15) is 0 Å². The minimum atomic E-state index is 1.10. The molecule has 0 bridgehead atoms. The molecule has 0 heterocycles. The minimum Gasteiger partial charge on any atom is -0.320 e. The summed E-state index contributed by atoms with van der Waals surface area (Å²) in [6.07, 6.45) is 11.7. The summed E-state index contributed by atoms with van der Waals surface area (Å²) >= 11 is 0. The van der Waals surface area contributed by atoms with Crippen LogP contribution in [-0.2, 0) is 0 Å². The van der Waals surface area contributed by atoms with Gasteiger partial charge < -0.3 is 5.32 Å². The van der Waals surface area contributed by atoms with Gasteiger partial charge in [-0.1, -0.05) is 58.8 Å². The van der Waals surface area contributed by atoms with E-state index in [2.05, 4.69) is 19.2 Å². The molecule has 86 valence electrons. The molecular formula is C13H29N. The van der Waals surface area contributed by atoms with Crippen LogP contribution in [0.25, 0.3) is 0 Å². The van der Waals surface area contributed by atoms with Crippen LogP contribution in [0.1, 0.15) is 65.2 Å². The van der Waals surface area contributed by atoms with Crippen molar-refractivity contribution in [3.63, 3.8) is 0 Å². The standard InChI is InChI=1S/C9H18.C4H11N/c1-2-6-9-7-4-3-5-8-9;1-3-4-5-2/h9H,2-8H2,1H3;5H,3-4H2,1-2H3. The van der Waals surface area contributed by atoms with Crippen LogP contribution in [0.2, 0.25) is 0 Å². The number of rotatable bonds is 4. The zero-order chi connectivity index (χ0) is 10.6. The van der Waals surface area contributed by atoms with Gasteiger partial charge in [0.15, 0.2) is 0 Å². The summed E-state index contributed by atoms with van der Waals surface area (Å²) in [5.74, 6) is 1.10. The molecule has 0 aromatic rings. The summed E-state index contributed by atoms with van der Waals surface area (Å²) in [6.45, 7) is 5.59. The van der Waals surface area contributed by atoms with E-state index in [1.54, 1.807) is 0 Å². The minimum absolute atomic E-state index is 1.10. The van der Waals surface area contributed by atoms with E-state index in [9.17, 15) is 0 Å². The molecule has 1 aliphatic carbocycles. The van der Waals surface area contributed by atoms with Crippen molar-refractivity contribution in [3.8, 4) is 0 Å². The van der Waals surface area contributed by atoms with Crippen molar-refractivity contribution in [1.82, 2.24) is 5.32 Å². The molecule has 14 heavy (non-hydrogen) atoms. The van der Waals surface area contributed by atoms with Crippen LogP contribution < -0.4 is 5.32 Å². The largest absolute Gasteiger partial charge is 0.320 e. The van der Waals surface area contributed by atoms with Crippen LogP contribution >= 0.6 is 0 Å². The van der Waals surface area contributed by atoms with Crippen molar-refractivity contribution in [2.24, 2.45) is 5.92 Å². The number of nitrogens with one attached hydrogen (secondary N) is 1. The Bertz CT molecular complexity index is 90.7. The fourth-order valence-electron chi connectivity index (χ4n) is 2.13. The van der Waals surface area contributed by atoms with Gasteiger partial charge in [-0.05, 0) is 25.9 Å². The number of hydrogen-bond donors (Lipinski definition) is 1. The third-order valence-electron chi connectivity index (χ3n) is 2.92. The van der Waals surface area contributed by atoms with Crippen molar-refractivity contribution in [2.45, 2.75) is 65.2 Å². The van der Waals surface area contributed by atoms with Crippen LogP contribution in [0.4, 0.5) is 0 Å². The van der Waals surface area contributed by atoms with E-state index >= 15 is 0 Å². The molecule has 1 aliphatic rings. The second kappa shape index (κ2) is 11.0. The first-order valence-electron chi connectivity index (χ1n) is 6.49. The molecule has 1 rings (SSSR count). The van der Waals surface area contributed by atoms with Gasteiger partial charge in [-0.3, -0.25) is 0 Å². The summed E-state index contributed by atoms with van der Waals surface area (Å²) in [7, 11) is 1.96. The zero-order valence-corrected chi connectivity index (χ0v) is 10.4. The first-order chi connectivity index (χ1) is 6.85. The second-order valence-electron chi connectivity index (χ2n) is 4.40. The molecule has 1 fully saturated rings. The van der Waals surface area contributed by atoms with Crippen LogP contribution in [0, 0.1) is 5.92 Å². The predicted molar refractivity (Wildman–Crippen MR) is 65.7 cm³/mol. The van der Waals surface area contributed by atoms with E-state index in [1.807, 2.05) is 7.05 Å². The summed E-state index contributed by atoms with van der Waals surface area (Å²) in [4.78, 5) is 0. The Labute approximate surface area is 90.7 Å². The Kier molecular flexibility index (Phi) is 11.0. The van der Waals surface area contributed by atoms with Crippen molar-refractivity contribution in [1.29, 1.82) is 0 Å². The van der Waals surface area contributed by atoms with E-state index in [4.69, 9.17) is 0 Å². The third-order valence-corrected chi connectivity index (χ3v) is 2.92. The first-order valence-corrected chi connectivity index (χ1v) is 6.49. The van der Waals surface area contributed by atoms with Crippen LogP contribution in [0.3, 0.4) is 0 Å². The van der Waals surface area contributed by atoms with Crippen molar-refractivity contribution in [2.75, 3.05) is 13.6 Å². The van der Waals surface area contributed by atoms with Crippen LogP contribution in [0.5, 0.6) is 0 Å². The maximum atomic E-state index is 3.02. The normalized spacial score (nSPS) is 17.4. The lowest BCUT2D eigenvalue weighted by Crippen LogP contribution is -2.04. The van der Waals surface area contributed by atoms with E-state index < -0.39 is 0 Å². The average molecular weight is 199 g/mol. The summed E-state index contributed by atoms with van der Waals surface area (Å²) in [6, 6.07) is 0. The van der Waals surface area contributed by atoms with Gasteiger partial charge >= 0.3 is 0 Å². The molecule has 0 aliphatic heterocycles. The van der Waals surface area contributed by atoms with Gasteiger partial charge in [-0.2, -0.15) is 0 Å². The topological polar surface area (TPSA) is 12.0 Å². The molecule has 0 unspecified atom stereocenters. The summed E-state index contributed by atoms with van der Waals surface area (Å²) < 4.78 is 0. The lowest BCUT2D eigenvalue weighted by atomic mass is 9.86. The van der Waals surface area contributed by atoms with Crippen molar-refractivity contribution < 1.29 is 0 Å². The summed E-state index contributed by atoms with van der Waals surface area (Å²) in [5.41, 5.74) is 0. The van der Waals surface area contributed by atoms with E-state index in [0.29, 0.717) is 0 Å². The van der Waals surface area contributed by atoms with Crippen molar-refractivity contribution in [3.05, 3.63) is 0 Å². The third kappa shape index (κ3) is 8.55. The first kappa shape index (κ1) is 14.0. The molecule has 1 saturated carbocycles. The Morgan fingerprint density at radius 2 is 1.64 bits per heavy atom. The molecule has 1 heteroatoms. The van der Waals surface area contributed by atoms with E-state index in [0.717, 1.165) is 12.5 Å². The highest BCUT2D eigenvalue weighted by atomic mass is 14.8. The molecule has 0 saturated heterocycles. The van der Waals surface area contributed by atoms with Gasteiger partial charge in [0.2, 0.25) is 0 Å². The Morgan fingerprint density at radius 3 is 2.00 bits per heavy atom. The predicted octanol–water partition coefficient (Wildman–Crippen LogP) is 3.98. The molecule has 0 spiro atoms. The fraction of sp³-hybridized carbons (Fsp3) is 1.00. The lowest BCUT2D eigenvalue weighted by Gasteiger charge is -2.20. The Hall–Kier alpha value is -0.0400. The zero-order valence-electron chi connectivity index (χ0n) is 10.4. The van der Waals surface area contributed by atoms with Crippen molar-refractivity contribution >= 4 is 0 Å². The average Bonchev–Trinajstić information content (AvgIpc) is 2.22. The molecule has 1 nitrogen and oxygen atoms in total. The molecule has 0 aromatic heterocycles. The maximum absolute atomic E-state index is 3.02. The highest BCUT2D eigenvalue weighted by molar-refractivity contribution is 4.64. The van der Waals surface area contributed by atoms with E-state index in [1.165, 1.54) is 51.4 Å². The monoisotopic (exact) mass is 199 g/mol.